The van der Waals surface area contributed by atoms with Gasteiger partial charge in [-0.3, -0.25) is 9.00 Å². The van der Waals surface area contributed by atoms with Crippen molar-refractivity contribution in [3.05, 3.63) is 33.8 Å². The number of amides is 1. The molecular formula is C13H15BrF3NO2S. The third kappa shape index (κ3) is 5.78. The largest absolute Gasteiger partial charge is 0.417 e. The summed E-state index contributed by atoms with van der Waals surface area (Å²) in [5.41, 5.74) is -1.41. The van der Waals surface area contributed by atoms with Crippen molar-refractivity contribution >= 4 is 32.6 Å². The van der Waals surface area contributed by atoms with Gasteiger partial charge in [-0.1, -0.05) is 15.9 Å². The van der Waals surface area contributed by atoms with Crippen LogP contribution in [0.5, 0.6) is 0 Å². The predicted molar refractivity (Wildman–Crippen MR) is 79.6 cm³/mol. The number of nitrogens with one attached hydrogen (secondary N) is 1. The second-order valence-electron chi connectivity index (χ2n) is 4.63. The molecule has 0 saturated heterocycles. The van der Waals surface area contributed by atoms with Gasteiger partial charge < -0.3 is 5.32 Å². The van der Waals surface area contributed by atoms with Gasteiger partial charge in [0.25, 0.3) is 5.91 Å². The lowest BCUT2D eigenvalue weighted by molar-refractivity contribution is -0.138. The molecule has 1 rings (SSSR count). The van der Waals surface area contributed by atoms with E-state index >= 15 is 0 Å². The summed E-state index contributed by atoms with van der Waals surface area (Å²) >= 11 is 2.96. The van der Waals surface area contributed by atoms with Gasteiger partial charge >= 0.3 is 6.18 Å². The van der Waals surface area contributed by atoms with Crippen LogP contribution in [0.15, 0.2) is 22.7 Å². The van der Waals surface area contributed by atoms with Crippen molar-refractivity contribution < 1.29 is 22.2 Å². The maximum absolute atomic E-state index is 12.9. The lowest BCUT2D eigenvalue weighted by atomic mass is 10.1. The maximum Gasteiger partial charge on any atom is 0.417 e. The van der Waals surface area contributed by atoms with Crippen LogP contribution in [-0.2, 0) is 17.0 Å². The summed E-state index contributed by atoms with van der Waals surface area (Å²) in [4.78, 5) is 12.0. The first-order valence-electron chi connectivity index (χ1n) is 6.09. The van der Waals surface area contributed by atoms with Crippen molar-refractivity contribution in [3.63, 3.8) is 0 Å². The average molecular weight is 386 g/mol. The molecule has 3 nitrogen and oxygen atoms in total. The molecule has 1 amide bonds. The topological polar surface area (TPSA) is 46.2 Å². The number of benzene rings is 1. The summed E-state index contributed by atoms with van der Waals surface area (Å²) in [5.74, 6) is -0.405. The number of carbonyl (C=O) groups is 1. The Morgan fingerprint density at radius 2 is 2.05 bits per heavy atom. The van der Waals surface area contributed by atoms with Crippen LogP contribution in [0.3, 0.4) is 0 Å². The summed E-state index contributed by atoms with van der Waals surface area (Å²) in [6.45, 7) is 1.66. The van der Waals surface area contributed by atoms with E-state index in [2.05, 4.69) is 21.2 Å². The molecule has 0 aromatic heterocycles. The number of hydrogen-bond acceptors (Lipinski definition) is 2. The summed E-state index contributed by atoms with van der Waals surface area (Å²) in [7, 11) is -1.00. The monoisotopic (exact) mass is 385 g/mol. The molecule has 1 N–H and O–H groups in total. The first kappa shape index (κ1) is 18.2. The van der Waals surface area contributed by atoms with E-state index in [-0.39, 0.29) is 10.5 Å². The van der Waals surface area contributed by atoms with Crippen molar-refractivity contribution in [2.45, 2.75) is 25.6 Å². The first-order valence-corrected chi connectivity index (χ1v) is 8.61. The number of halogens is 4. The third-order valence-corrected chi connectivity index (χ3v) is 4.05. The Labute approximate surface area is 131 Å². The van der Waals surface area contributed by atoms with E-state index in [4.69, 9.17) is 0 Å². The molecule has 0 saturated carbocycles. The predicted octanol–water partition coefficient (Wildman–Crippen LogP) is 3.35. The highest BCUT2D eigenvalue weighted by atomic mass is 79.9. The number of hydrogen-bond donors (Lipinski definition) is 1. The van der Waals surface area contributed by atoms with Gasteiger partial charge in [-0.15, -0.1) is 0 Å². The van der Waals surface area contributed by atoms with E-state index in [1.54, 1.807) is 6.92 Å². The standard InChI is InChI=1S/C13H15BrF3NO2S/c1-8(5-6-21(2)20)18-12(19)10-4-3-9(14)7-11(10)13(15,16)17/h3-4,7-8H,5-6H2,1-2H3,(H,18,19). The number of carbonyl (C=O) groups excluding carboxylic acids is 1. The normalized spacial score (nSPS) is 14.6. The van der Waals surface area contributed by atoms with Crippen LogP contribution < -0.4 is 5.32 Å². The quantitative estimate of drug-likeness (QED) is 0.844. The zero-order valence-electron chi connectivity index (χ0n) is 11.5. The lowest BCUT2D eigenvalue weighted by Gasteiger charge is -2.16. The molecule has 0 spiro atoms. The van der Waals surface area contributed by atoms with Gasteiger partial charge in [0.1, 0.15) is 0 Å². The molecule has 2 unspecified atom stereocenters. The van der Waals surface area contributed by atoms with E-state index < -0.39 is 34.0 Å². The molecule has 118 valence electrons. The summed E-state index contributed by atoms with van der Waals surface area (Å²) in [6.07, 6.45) is -2.64. The summed E-state index contributed by atoms with van der Waals surface area (Å²) < 4.78 is 50.0. The molecule has 21 heavy (non-hydrogen) atoms. The Kier molecular flexibility index (Phi) is 6.40. The number of rotatable bonds is 5. The molecule has 0 aliphatic rings. The summed E-state index contributed by atoms with van der Waals surface area (Å²) in [5, 5.41) is 2.49. The third-order valence-electron chi connectivity index (χ3n) is 2.75. The fourth-order valence-corrected chi connectivity index (χ4v) is 2.71. The maximum atomic E-state index is 12.9. The van der Waals surface area contributed by atoms with Crippen LogP contribution in [-0.4, -0.2) is 28.2 Å². The van der Waals surface area contributed by atoms with E-state index in [0.717, 1.165) is 12.1 Å². The molecule has 1 aromatic carbocycles. The highest BCUT2D eigenvalue weighted by Crippen LogP contribution is 2.33. The van der Waals surface area contributed by atoms with Crippen molar-refractivity contribution in [1.29, 1.82) is 0 Å². The Balaban J connectivity index is 2.90. The molecule has 0 aliphatic heterocycles. The Morgan fingerprint density at radius 3 is 2.57 bits per heavy atom. The highest BCUT2D eigenvalue weighted by molar-refractivity contribution is 9.10. The van der Waals surface area contributed by atoms with Crippen LogP contribution >= 0.6 is 15.9 Å². The Morgan fingerprint density at radius 1 is 1.43 bits per heavy atom. The first-order chi connectivity index (χ1) is 9.61. The van der Waals surface area contributed by atoms with Gasteiger partial charge in [0.2, 0.25) is 0 Å². The molecular weight excluding hydrogens is 371 g/mol. The summed E-state index contributed by atoms with van der Waals surface area (Å²) in [6, 6.07) is 3.04. The molecule has 0 fully saturated rings. The molecule has 0 bridgehead atoms. The van der Waals surface area contributed by atoms with E-state index in [1.165, 1.54) is 12.3 Å². The Hall–Kier alpha value is -0.890. The van der Waals surface area contributed by atoms with E-state index in [0.29, 0.717) is 12.2 Å². The van der Waals surface area contributed by atoms with E-state index in [9.17, 15) is 22.2 Å². The number of alkyl halides is 3. The van der Waals surface area contributed by atoms with Crippen LogP contribution in [0.1, 0.15) is 29.3 Å². The molecule has 2 atom stereocenters. The van der Waals surface area contributed by atoms with Crippen LogP contribution in [0, 0.1) is 0 Å². The minimum absolute atomic E-state index is 0.251. The van der Waals surface area contributed by atoms with Gasteiger partial charge in [0.15, 0.2) is 0 Å². The van der Waals surface area contributed by atoms with Crippen LogP contribution in [0.2, 0.25) is 0 Å². The molecule has 0 aliphatic carbocycles. The van der Waals surface area contributed by atoms with Crippen LogP contribution in [0.4, 0.5) is 13.2 Å². The minimum atomic E-state index is -4.61. The van der Waals surface area contributed by atoms with Crippen molar-refractivity contribution in [1.82, 2.24) is 5.32 Å². The zero-order chi connectivity index (χ0) is 16.2. The van der Waals surface area contributed by atoms with Crippen molar-refractivity contribution in [2.24, 2.45) is 0 Å². The molecule has 0 heterocycles. The van der Waals surface area contributed by atoms with Crippen molar-refractivity contribution in [2.75, 3.05) is 12.0 Å². The Bertz CT molecular complexity index is 549. The van der Waals surface area contributed by atoms with Gasteiger partial charge in [-0.2, -0.15) is 13.2 Å². The fourth-order valence-electron chi connectivity index (χ4n) is 1.67. The zero-order valence-corrected chi connectivity index (χ0v) is 13.9. The van der Waals surface area contributed by atoms with Gasteiger partial charge in [0.05, 0.1) is 11.1 Å². The minimum Gasteiger partial charge on any atom is -0.350 e. The second-order valence-corrected chi connectivity index (χ2v) is 7.10. The molecule has 1 aromatic rings. The van der Waals surface area contributed by atoms with Crippen LogP contribution in [0.25, 0.3) is 0 Å². The fraction of sp³-hybridized carbons (Fsp3) is 0.462. The van der Waals surface area contributed by atoms with Gasteiger partial charge in [0, 0.05) is 33.3 Å². The lowest BCUT2D eigenvalue weighted by Crippen LogP contribution is -2.34. The second kappa shape index (κ2) is 7.40. The molecule has 0 radical (unpaired) electrons. The van der Waals surface area contributed by atoms with Gasteiger partial charge in [-0.25, -0.2) is 0 Å². The SMILES string of the molecule is CC(CCS(C)=O)NC(=O)c1ccc(Br)cc1C(F)(F)F. The smallest absolute Gasteiger partial charge is 0.350 e. The van der Waals surface area contributed by atoms with E-state index in [1.807, 2.05) is 0 Å². The van der Waals surface area contributed by atoms with Crippen molar-refractivity contribution in [3.8, 4) is 0 Å². The van der Waals surface area contributed by atoms with Gasteiger partial charge in [-0.05, 0) is 31.5 Å². The highest BCUT2D eigenvalue weighted by Gasteiger charge is 2.35. The average Bonchev–Trinajstić information content (AvgIpc) is 2.35. The molecule has 8 heteroatoms.